The van der Waals surface area contributed by atoms with Crippen LogP contribution in [0.4, 0.5) is 17.1 Å². The lowest BCUT2D eigenvalue weighted by Gasteiger charge is -2.30. The zero-order valence-corrected chi connectivity index (χ0v) is 17.0. The fraction of sp³-hybridized carbons (Fsp3) is 0.381. The summed E-state index contributed by atoms with van der Waals surface area (Å²) < 4.78 is 10.5. The number of rotatable bonds is 7. The molecule has 0 radical (unpaired) electrons. The highest BCUT2D eigenvalue weighted by atomic mass is 35.5. The van der Waals surface area contributed by atoms with E-state index >= 15 is 0 Å². The summed E-state index contributed by atoms with van der Waals surface area (Å²) in [6.07, 6.45) is 3.62. The second kappa shape index (κ2) is 9.55. The molecule has 2 aromatic rings. The third kappa shape index (κ3) is 5.01. The van der Waals surface area contributed by atoms with Gasteiger partial charge < -0.3 is 25.0 Å². The summed E-state index contributed by atoms with van der Waals surface area (Å²) in [6, 6.07) is 11.0. The van der Waals surface area contributed by atoms with E-state index in [2.05, 4.69) is 15.5 Å². The minimum atomic E-state index is -0.184. The zero-order chi connectivity index (χ0) is 19.9. The van der Waals surface area contributed by atoms with Gasteiger partial charge in [-0.3, -0.25) is 4.79 Å². The van der Waals surface area contributed by atoms with Crippen LogP contribution in [0.3, 0.4) is 0 Å². The first-order valence-electron chi connectivity index (χ1n) is 9.41. The normalized spacial score (nSPS) is 13.8. The van der Waals surface area contributed by atoms with E-state index in [9.17, 15) is 4.79 Å². The van der Waals surface area contributed by atoms with Crippen molar-refractivity contribution in [1.29, 1.82) is 0 Å². The Kier molecular flexibility index (Phi) is 6.87. The molecular weight excluding hydrogens is 378 g/mol. The highest BCUT2D eigenvalue weighted by molar-refractivity contribution is 6.31. The van der Waals surface area contributed by atoms with Crippen LogP contribution in [0, 0.1) is 0 Å². The van der Waals surface area contributed by atoms with Gasteiger partial charge in [-0.05, 0) is 49.6 Å². The van der Waals surface area contributed by atoms with Gasteiger partial charge in [0.05, 0.1) is 37.8 Å². The second-order valence-electron chi connectivity index (χ2n) is 6.68. The molecule has 28 heavy (non-hydrogen) atoms. The molecule has 1 heterocycles. The molecule has 7 heteroatoms. The molecule has 1 amide bonds. The van der Waals surface area contributed by atoms with Crippen LogP contribution in [-0.4, -0.2) is 39.8 Å². The average Bonchev–Trinajstić information content (AvgIpc) is 2.73. The van der Waals surface area contributed by atoms with Crippen LogP contribution in [0.5, 0.6) is 11.5 Å². The molecule has 0 aliphatic carbocycles. The number of carbonyl (C=O) groups is 1. The van der Waals surface area contributed by atoms with Gasteiger partial charge in [0.25, 0.3) is 0 Å². The van der Waals surface area contributed by atoms with Gasteiger partial charge in [0.1, 0.15) is 11.5 Å². The molecule has 150 valence electrons. The van der Waals surface area contributed by atoms with Crippen molar-refractivity contribution < 1.29 is 14.3 Å². The number of halogens is 1. The van der Waals surface area contributed by atoms with Crippen LogP contribution in [-0.2, 0) is 4.79 Å². The van der Waals surface area contributed by atoms with E-state index in [0.717, 1.165) is 24.5 Å². The van der Waals surface area contributed by atoms with E-state index in [1.807, 2.05) is 18.2 Å². The Morgan fingerprint density at radius 2 is 1.82 bits per heavy atom. The van der Waals surface area contributed by atoms with Crippen molar-refractivity contribution >= 4 is 34.6 Å². The number of benzene rings is 2. The molecule has 0 spiro atoms. The maximum atomic E-state index is 12.5. The first-order valence-corrected chi connectivity index (χ1v) is 9.79. The maximum absolute atomic E-state index is 12.5. The summed E-state index contributed by atoms with van der Waals surface area (Å²) in [5.74, 6) is 1.04. The van der Waals surface area contributed by atoms with Crippen molar-refractivity contribution in [2.75, 3.05) is 49.4 Å². The third-order valence-corrected chi connectivity index (χ3v) is 5.01. The van der Waals surface area contributed by atoms with Crippen LogP contribution < -0.4 is 25.0 Å². The monoisotopic (exact) mass is 403 g/mol. The molecule has 2 N–H and O–H groups in total. The van der Waals surface area contributed by atoms with Gasteiger partial charge in [-0.25, -0.2) is 0 Å². The van der Waals surface area contributed by atoms with Crippen LogP contribution in [0.15, 0.2) is 36.4 Å². The number of carbonyl (C=O) groups excluding carboxylic acids is 1. The Labute approximate surface area is 170 Å². The number of ether oxygens (including phenoxy) is 2. The van der Waals surface area contributed by atoms with E-state index in [0.29, 0.717) is 22.2 Å². The first kappa shape index (κ1) is 20.1. The van der Waals surface area contributed by atoms with E-state index in [4.69, 9.17) is 21.1 Å². The summed E-state index contributed by atoms with van der Waals surface area (Å²) in [5, 5.41) is 6.73. The number of anilines is 3. The Morgan fingerprint density at radius 3 is 2.54 bits per heavy atom. The van der Waals surface area contributed by atoms with E-state index in [1.54, 1.807) is 32.4 Å². The molecule has 0 atom stereocenters. The SMILES string of the molecule is COc1ccc(OC)c(NC(=O)CNc2cc(Cl)ccc2N2CCCCC2)c1. The van der Waals surface area contributed by atoms with E-state index in [-0.39, 0.29) is 12.5 Å². The number of nitrogens with zero attached hydrogens (tertiary/aromatic N) is 1. The Balaban J connectivity index is 1.69. The Bertz CT molecular complexity index is 823. The summed E-state index contributed by atoms with van der Waals surface area (Å²) in [6.45, 7) is 2.15. The molecule has 2 aromatic carbocycles. The lowest BCUT2D eigenvalue weighted by Crippen LogP contribution is -2.30. The van der Waals surface area contributed by atoms with Gasteiger partial charge in [-0.2, -0.15) is 0 Å². The molecule has 0 unspecified atom stereocenters. The van der Waals surface area contributed by atoms with Crippen LogP contribution in [0.25, 0.3) is 0 Å². The number of methoxy groups -OCH3 is 2. The molecule has 3 rings (SSSR count). The molecule has 1 aliphatic heterocycles. The Morgan fingerprint density at radius 1 is 1.04 bits per heavy atom. The van der Waals surface area contributed by atoms with Crippen molar-refractivity contribution in [2.45, 2.75) is 19.3 Å². The van der Waals surface area contributed by atoms with Crippen molar-refractivity contribution in [2.24, 2.45) is 0 Å². The topological polar surface area (TPSA) is 62.8 Å². The van der Waals surface area contributed by atoms with Gasteiger partial charge in [0, 0.05) is 24.2 Å². The van der Waals surface area contributed by atoms with Gasteiger partial charge in [-0.1, -0.05) is 11.6 Å². The second-order valence-corrected chi connectivity index (χ2v) is 7.11. The fourth-order valence-corrected chi connectivity index (χ4v) is 3.51. The quantitative estimate of drug-likeness (QED) is 0.717. The summed E-state index contributed by atoms with van der Waals surface area (Å²) in [4.78, 5) is 14.8. The predicted octanol–water partition coefficient (Wildman–Crippen LogP) is 4.40. The van der Waals surface area contributed by atoms with Crippen LogP contribution >= 0.6 is 11.6 Å². The third-order valence-electron chi connectivity index (χ3n) is 4.78. The molecular formula is C21H26ClN3O3. The standard InChI is InChI=1S/C21H26ClN3O3/c1-27-16-7-9-20(28-2)18(13-16)24-21(26)14-23-17-12-15(22)6-8-19(17)25-10-4-3-5-11-25/h6-9,12-13,23H,3-5,10-11,14H2,1-2H3,(H,24,26). The average molecular weight is 404 g/mol. The minimum Gasteiger partial charge on any atom is -0.497 e. The van der Waals surface area contributed by atoms with Crippen LogP contribution in [0.1, 0.15) is 19.3 Å². The van der Waals surface area contributed by atoms with Crippen molar-refractivity contribution in [3.05, 3.63) is 41.4 Å². The fourth-order valence-electron chi connectivity index (χ4n) is 3.34. The number of piperidine rings is 1. The largest absolute Gasteiger partial charge is 0.497 e. The van der Waals surface area contributed by atoms with Crippen LogP contribution in [0.2, 0.25) is 5.02 Å². The molecule has 0 bridgehead atoms. The molecule has 6 nitrogen and oxygen atoms in total. The van der Waals surface area contributed by atoms with Gasteiger partial charge in [0.2, 0.25) is 5.91 Å². The first-order chi connectivity index (χ1) is 13.6. The number of amides is 1. The lowest BCUT2D eigenvalue weighted by molar-refractivity contribution is -0.114. The zero-order valence-electron chi connectivity index (χ0n) is 16.3. The molecule has 0 aromatic heterocycles. The van der Waals surface area contributed by atoms with Gasteiger partial charge in [0.15, 0.2) is 0 Å². The van der Waals surface area contributed by atoms with E-state index in [1.165, 1.54) is 19.3 Å². The highest BCUT2D eigenvalue weighted by Crippen LogP contribution is 2.32. The number of hydrogen-bond acceptors (Lipinski definition) is 5. The molecule has 0 saturated carbocycles. The summed E-state index contributed by atoms with van der Waals surface area (Å²) in [5.41, 5.74) is 2.51. The van der Waals surface area contributed by atoms with Crippen molar-refractivity contribution in [1.82, 2.24) is 0 Å². The lowest BCUT2D eigenvalue weighted by atomic mass is 10.1. The molecule has 1 fully saturated rings. The molecule has 1 saturated heterocycles. The minimum absolute atomic E-state index is 0.113. The van der Waals surface area contributed by atoms with Crippen molar-refractivity contribution in [3.63, 3.8) is 0 Å². The molecule has 1 aliphatic rings. The number of hydrogen-bond donors (Lipinski definition) is 2. The van der Waals surface area contributed by atoms with Crippen molar-refractivity contribution in [3.8, 4) is 11.5 Å². The predicted molar refractivity (Wildman–Crippen MR) is 114 cm³/mol. The summed E-state index contributed by atoms with van der Waals surface area (Å²) >= 11 is 6.18. The maximum Gasteiger partial charge on any atom is 0.243 e. The van der Waals surface area contributed by atoms with Gasteiger partial charge >= 0.3 is 0 Å². The van der Waals surface area contributed by atoms with E-state index < -0.39 is 0 Å². The number of nitrogens with one attached hydrogen (secondary N) is 2. The Hall–Kier alpha value is -2.60. The smallest absolute Gasteiger partial charge is 0.243 e. The summed E-state index contributed by atoms with van der Waals surface area (Å²) in [7, 11) is 3.14. The van der Waals surface area contributed by atoms with Gasteiger partial charge in [-0.15, -0.1) is 0 Å². The highest BCUT2D eigenvalue weighted by Gasteiger charge is 2.16.